The average molecular weight is 302 g/mol. The second-order valence-corrected chi connectivity index (χ2v) is 5.39. The number of nitrogens with zero attached hydrogens (tertiary/aromatic N) is 1. The van der Waals surface area contributed by atoms with Gasteiger partial charge < -0.3 is 10.1 Å². The Labute approximate surface area is 118 Å². The summed E-state index contributed by atoms with van der Waals surface area (Å²) >= 11 is 1.50. The van der Waals surface area contributed by atoms with Gasteiger partial charge in [-0.1, -0.05) is 12.1 Å². The van der Waals surface area contributed by atoms with Crippen molar-refractivity contribution < 1.29 is 17.9 Å². The molecule has 0 bridgehead atoms. The third-order valence-corrected chi connectivity index (χ3v) is 3.61. The maximum atomic E-state index is 12.2. The number of ether oxygens (including phenoxy) is 1. The Morgan fingerprint density at radius 3 is 2.65 bits per heavy atom. The molecule has 7 heteroatoms. The average Bonchev–Trinajstić information content (AvgIpc) is 2.75. The van der Waals surface area contributed by atoms with E-state index in [2.05, 4.69) is 15.0 Å². The Balaban J connectivity index is 2.29. The molecule has 3 nitrogen and oxygen atoms in total. The van der Waals surface area contributed by atoms with Crippen LogP contribution < -0.4 is 10.1 Å². The number of alkyl halides is 3. The van der Waals surface area contributed by atoms with Crippen molar-refractivity contribution in [3.05, 3.63) is 45.9 Å². The monoisotopic (exact) mass is 302 g/mol. The number of hydrogen-bond acceptors (Lipinski definition) is 4. The minimum absolute atomic E-state index is 0.210. The van der Waals surface area contributed by atoms with Crippen molar-refractivity contribution in [1.29, 1.82) is 0 Å². The van der Waals surface area contributed by atoms with E-state index in [-0.39, 0.29) is 11.8 Å². The van der Waals surface area contributed by atoms with Crippen molar-refractivity contribution in [2.24, 2.45) is 0 Å². The lowest BCUT2D eigenvalue weighted by molar-refractivity contribution is -0.274. The second kappa shape index (κ2) is 5.80. The normalized spacial score (nSPS) is 13.2. The van der Waals surface area contributed by atoms with Crippen molar-refractivity contribution in [1.82, 2.24) is 10.3 Å². The zero-order chi connectivity index (χ0) is 14.8. The fourth-order valence-electron chi connectivity index (χ4n) is 1.88. The molecule has 0 radical (unpaired) electrons. The lowest BCUT2D eigenvalue weighted by atomic mass is 10.1. The van der Waals surface area contributed by atoms with Gasteiger partial charge in [0.2, 0.25) is 0 Å². The van der Waals surface area contributed by atoms with E-state index in [0.29, 0.717) is 5.56 Å². The van der Waals surface area contributed by atoms with E-state index in [9.17, 15) is 13.2 Å². The topological polar surface area (TPSA) is 34.1 Å². The zero-order valence-corrected chi connectivity index (χ0v) is 11.7. The third-order valence-electron chi connectivity index (χ3n) is 2.64. The molecule has 0 spiro atoms. The summed E-state index contributed by atoms with van der Waals surface area (Å²) in [6.45, 7) is 1.88. The summed E-state index contributed by atoms with van der Waals surface area (Å²) < 4.78 is 40.6. The first-order valence-electron chi connectivity index (χ1n) is 5.84. The van der Waals surface area contributed by atoms with E-state index in [4.69, 9.17) is 0 Å². The lowest BCUT2D eigenvalue weighted by Crippen LogP contribution is -2.19. The number of nitrogens with one attached hydrogen (secondary N) is 1. The molecule has 20 heavy (non-hydrogen) atoms. The van der Waals surface area contributed by atoms with E-state index in [0.717, 1.165) is 9.88 Å². The number of aryl methyl sites for hydroxylation is 1. The first kappa shape index (κ1) is 14.8. The molecule has 1 heterocycles. The fourth-order valence-corrected chi connectivity index (χ4v) is 2.80. The Morgan fingerprint density at radius 1 is 1.35 bits per heavy atom. The first-order chi connectivity index (χ1) is 9.39. The molecule has 0 aliphatic rings. The molecule has 0 amide bonds. The molecule has 1 atom stereocenters. The molecule has 108 valence electrons. The number of rotatable bonds is 4. The third kappa shape index (κ3) is 3.71. The zero-order valence-electron chi connectivity index (χ0n) is 10.9. The first-order valence-corrected chi connectivity index (χ1v) is 6.66. The largest absolute Gasteiger partial charge is 0.573 e. The molecular formula is C13H13F3N2OS. The fraction of sp³-hybridized carbons (Fsp3) is 0.308. The van der Waals surface area contributed by atoms with Crippen LogP contribution in [0.3, 0.4) is 0 Å². The maximum absolute atomic E-state index is 12.2. The van der Waals surface area contributed by atoms with Crippen LogP contribution in [0, 0.1) is 6.92 Å². The van der Waals surface area contributed by atoms with Gasteiger partial charge in [-0.3, -0.25) is 0 Å². The number of hydrogen-bond donors (Lipinski definition) is 1. The summed E-state index contributed by atoms with van der Waals surface area (Å²) in [5.74, 6) is -0.225. The van der Waals surface area contributed by atoms with Crippen molar-refractivity contribution in [3.63, 3.8) is 0 Å². The van der Waals surface area contributed by atoms with Gasteiger partial charge in [0.05, 0.1) is 11.0 Å². The molecule has 0 saturated heterocycles. The number of halogens is 3. The van der Waals surface area contributed by atoms with E-state index in [1.807, 2.05) is 6.92 Å². The SMILES string of the molecule is CNC(c1cccc(OC(F)(F)F)c1)c1cnc(C)s1. The second-order valence-electron chi connectivity index (χ2n) is 4.12. The highest BCUT2D eigenvalue weighted by atomic mass is 32.1. The van der Waals surface area contributed by atoms with Gasteiger partial charge in [0.25, 0.3) is 0 Å². The molecular weight excluding hydrogens is 289 g/mol. The van der Waals surface area contributed by atoms with Crippen LogP contribution in [0.4, 0.5) is 13.2 Å². The number of aromatic nitrogens is 1. The van der Waals surface area contributed by atoms with E-state index >= 15 is 0 Å². The number of benzene rings is 1. The van der Waals surface area contributed by atoms with E-state index in [1.54, 1.807) is 19.3 Å². The summed E-state index contributed by atoms with van der Waals surface area (Å²) in [5.41, 5.74) is 0.692. The van der Waals surface area contributed by atoms with Crippen molar-refractivity contribution in [2.45, 2.75) is 19.3 Å². The van der Waals surface area contributed by atoms with Crippen molar-refractivity contribution in [3.8, 4) is 5.75 Å². The molecule has 2 rings (SSSR count). The standard InChI is InChI=1S/C13H13F3N2OS/c1-8-18-7-11(20-8)12(17-2)9-4-3-5-10(6-9)19-13(14,15)16/h3-7,12,17H,1-2H3. The Kier molecular flexibility index (Phi) is 4.29. The summed E-state index contributed by atoms with van der Waals surface area (Å²) in [6, 6.07) is 5.73. The summed E-state index contributed by atoms with van der Waals surface area (Å²) in [4.78, 5) is 5.10. The summed E-state index contributed by atoms with van der Waals surface area (Å²) in [7, 11) is 1.75. The molecule has 0 aliphatic carbocycles. The van der Waals surface area contributed by atoms with Gasteiger partial charge in [-0.05, 0) is 31.7 Å². The lowest BCUT2D eigenvalue weighted by Gasteiger charge is -2.16. The van der Waals surface area contributed by atoms with Crippen LogP contribution in [0.15, 0.2) is 30.5 Å². The molecule has 1 aromatic carbocycles. The van der Waals surface area contributed by atoms with Crippen LogP contribution >= 0.6 is 11.3 Å². The Bertz CT molecular complexity index is 583. The van der Waals surface area contributed by atoms with Gasteiger partial charge in [0.15, 0.2) is 0 Å². The quantitative estimate of drug-likeness (QED) is 0.936. The van der Waals surface area contributed by atoms with Gasteiger partial charge >= 0.3 is 6.36 Å². The highest BCUT2D eigenvalue weighted by molar-refractivity contribution is 7.11. The predicted molar refractivity (Wildman–Crippen MR) is 70.9 cm³/mol. The number of thiazole rings is 1. The molecule has 1 aromatic heterocycles. The Morgan fingerprint density at radius 2 is 2.10 bits per heavy atom. The predicted octanol–water partition coefficient (Wildman–Crippen LogP) is 3.66. The minimum atomic E-state index is -4.69. The summed E-state index contributed by atoms with van der Waals surface area (Å²) in [5, 5.41) is 3.98. The van der Waals surface area contributed by atoms with Crippen LogP contribution in [0.5, 0.6) is 5.75 Å². The minimum Gasteiger partial charge on any atom is -0.406 e. The highest BCUT2D eigenvalue weighted by Gasteiger charge is 2.31. The van der Waals surface area contributed by atoms with Crippen LogP contribution in [0.25, 0.3) is 0 Å². The van der Waals surface area contributed by atoms with Crippen LogP contribution in [0.1, 0.15) is 21.5 Å². The van der Waals surface area contributed by atoms with Crippen molar-refractivity contribution in [2.75, 3.05) is 7.05 Å². The highest BCUT2D eigenvalue weighted by Crippen LogP contribution is 2.30. The van der Waals surface area contributed by atoms with Crippen LogP contribution in [-0.4, -0.2) is 18.4 Å². The molecule has 1 N–H and O–H groups in total. The molecule has 0 aliphatic heterocycles. The molecule has 1 unspecified atom stereocenters. The Hall–Kier alpha value is -1.60. The van der Waals surface area contributed by atoms with Gasteiger partial charge in [-0.25, -0.2) is 4.98 Å². The maximum Gasteiger partial charge on any atom is 0.573 e. The van der Waals surface area contributed by atoms with Crippen LogP contribution in [-0.2, 0) is 0 Å². The molecule has 2 aromatic rings. The van der Waals surface area contributed by atoms with Crippen LogP contribution in [0.2, 0.25) is 0 Å². The van der Waals surface area contributed by atoms with Gasteiger partial charge in [0.1, 0.15) is 5.75 Å². The van der Waals surface area contributed by atoms with Gasteiger partial charge in [0, 0.05) is 11.1 Å². The van der Waals surface area contributed by atoms with Gasteiger partial charge in [-0.15, -0.1) is 24.5 Å². The van der Waals surface area contributed by atoms with Gasteiger partial charge in [-0.2, -0.15) is 0 Å². The van der Waals surface area contributed by atoms with Crippen molar-refractivity contribution >= 4 is 11.3 Å². The smallest absolute Gasteiger partial charge is 0.406 e. The van der Waals surface area contributed by atoms with E-state index < -0.39 is 6.36 Å². The van der Waals surface area contributed by atoms with E-state index in [1.165, 1.54) is 29.5 Å². The molecule has 0 saturated carbocycles. The molecule has 0 fully saturated rings. The summed E-state index contributed by atoms with van der Waals surface area (Å²) in [6.07, 6.45) is -2.96.